The molecule has 0 saturated heterocycles. The Balaban J connectivity index is 2.06. The van der Waals surface area contributed by atoms with E-state index in [0.717, 1.165) is 11.1 Å². The third kappa shape index (κ3) is 6.09. The molecule has 0 fully saturated rings. The van der Waals surface area contributed by atoms with Crippen molar-refractivity contribution in [1.29, 1.82) is 0 Å². The first kappa shape index (κ1) is 20.9. The van der Waals surface area contributed by atoms with Gasteiger partial charge in [-0.1, -0.05) is 63.2 Å². The molecule has 2 aromatic rings. The summed E-state index contributed by atoms with van der Waals surface area (Å²) in [5, 5.41) is 2.47. The van der Waals surface area contributed by atoms with Gasteiger partial charge in [0.25, 0.3) is 11.8 Å². The number of nitrogens with one attached hydrogen (secondary N) is 3. The van der Waals surface area contributed by atoms with E-state index in [2.05, 4.69) is 36.9 Å². The monoisotopic (exact) mass is 379 g/mol. The second-order valence-corrected chi connectivity index (χ2v) is 7.39. The number of hydrazine groups is 1. The normalized spacial score (nSPS) is 11.5. The average molecular weight is 379 g/mol. The van der Waals surface area contributed by atoms with E-state index in [9.17, 15) is 14.4 Å². The van der Waals surface area contributed by atoms with Gasteiger partial charge in [0.05, 0.1) is 0 Å². The lowest BCUT2D eigenvalue weighted by Crippen LogP contribution is -2.45. The van der Waals surface area contributed by atoms with E-state index in [1.807, 2.05) is 30.3 Å². The van der Waals surface area contributed by atoms with Crippen LogP contribution in [0.15, 0.2) is 60.3 Å². The number of carbonyl (C=O) groups is 3. The minimum Gasteiger partial charge on any atom is -0.322 e. The molecule has 6 nitrogen and oxygen atoms in total. The van der Waals surface area contributed by atoms with Gasteiger partial charge in [0.15, 0.2) is 0 Å². The quantitative estimate of drug-likeness (QED) is 0.564. The first-order valence-electron chi connectivity index (χ1n) is 8.92. The summed E-state index contributed by atoms with van der Waals surface area (Å²) in [5.41, 5.74) is 6.97. The first-order chi connectivity index (χ1) is 13.2. The van der Waals surface area contributed by atoms with Gasteiger partial charge in [0.1, 0.15) is 5.70 Å². The lowest BCUT2D eigenvalue weighted by molar-refractivity contribution is -0.122. The van der Waals surface area contributed by atoms with Crippen LogP contribution >= 0.6 is 0 Å². The SMILES string of the molecule is CC(=O)N/C(=C\c1ccccc1)C(=O)NNC(=O)c1ccc(C(C)(C)C)cc1. The molecule has 0 aliphatic rings. The average Bonchev–Trinajstić information content (AvgIpc) is 2.65. The summed E-state index contributed by atoms with van der Waals surface area (Å²) in [6.07, 6.45) is 1.53. The van der Waals surface area contributed by atoms with Gasteiger partial charge in [-0.25, -0.2) is 0 Å². The molecule has 0 aliphatic heterocycles. The summed E-state index contributed by atoms with van der Waals surface area (Å²) in [4.78, 5) is 36.1. The van der Waals surface area contributed by atoms with Gasteiger partial charge in [0.2, 0.25) is 5.91 Å². The molecule has 2 aromatic carbocycles. The Morgan fingerprint density at radius 1 is 0.857 bits per heavy atom. The Morgan fingerprint density at radius 2 is 1.46 bits per heavy atom. The number of benzene rings is 2. The van der Waals surface area contributed by atoms with E-state index < -0.39 is 11.8 Å². The zero-order valence-corrected chi connectivity index (χ0v) is 16.5. The minimum atomic E-state index is -0.626. The third-order valence-electron chi connectivity index (χ3n) is 3.97. The Kier molecular flexibility index (Phi) is 6.71. The molecule has 28 heavy (non-hydrogen) atoms. The maximum Gasteiger partial charge on any atom is 0.286 e. The molecule has 2 rings (SSSR count). The van der Waals surface area contributed by atoms with E-state index >= 15 is 0 Å². The fraction of sp³-hybridized carbons (Fsp3) is 0.227. The minimum absolute atomic E-state index is 0.0152. The molecular weight excluding hydrogens is 354 g/mol. The predicted molar refractivity (Wildman–Crippen MR) is 109 cm³/mol. The maximum atomic E-state index is 12.4. The van der Waals surface area contributed by atoms with Gasteiger partial charge >= 0.3 is 0 Å². The second-order valence-electron chi connectivity index (χ2n) is 7.39. The number of rotatable bonds is 4. The molecule has 0 spiro atoms. The Bertz CT molecular complexity index is 879. The van der Waals surface area contributed by atoms with Crippen molar-refractivity contribution in [2.75, 3.05) is 0 Å². The van der Waals surface area contributed by atoms with Crippen molar-refractivity contribution in [3.8, 4) is 0 Å². The molecule has 3 N–H and O–H groups in total. The van der Waals surface area contributed by atoms with Crippen LogP contribution in [0.4, 0.5) is 0 Å². The van der Waals surface area contributed by atoms with E-state index in [1.165, 1.54) is 13.0 Å². The molecular formula is C22H25N3O3. The highest BCUT2D eigenvalue weighted by molar-refractivity contribution is 6.03. The molecule has 0 bridgehead atoms. The molecule has 6 heteroatoms. The largest absolute Gasteiger partial charge is 0.322 e. The molecule has 0 aliphatic carbocycles. The van der Waals surface area contributed by atoms with Crippen LogP contribution < -0.4 is 16.2 Å². The number of carbonyl (C=O) groups excluding carboxylic acids is 3. The van der Waals surface area contributed by atoms with Crippen LogP contribution in [-0.2, 0) is 15.0 Å². The lowest BCUT2D eigenvalue weighted by Gasteiger charge is -2.19. The van der Waals surface area contributed by atoms with Crippen molar-refractivity contribution in [3.63, 3.8) is 0 Å². The first-order valence-corrected chi connectivity index (χ1v) is 8.92. The van der Waals surface area contributed by atoms with Crippen LogP contribution in [0.2, 0.25) is 0 Å². The Labute approximate surface area is 165 Å². The molecule has 146 valence electrons. The summed E-state index contributed by atoms with van der Waals surface area (Å²) < 4.78 is 0. The summed E-state index contributed by atoms with van der Waals surface area (Å²) >= 11 is 0. The van der Waals surface area contributed by atoms with Crippen LogP contribution in [0, 0.1) is 0 Å². The van der Waals surface area contributed by atoms with Crippen molar-refractivity contribution >= 4 is 23.8 Å². The van der Waals surface area contributed by atoms with Crippen molar-refractivity contribution in [2.45, 2.75) is 33.1 Å². The molecule has 0 radical (unpaired) electrons. The molecule has 0 aromatic heterocycles. The van der Waals surface area contributed by atoms with Crippen LogP contribution in [0.5, 0.6) is 0 Å². The summed E-state index contributed by atoms with van der Waals surface area (Å²) in [7, 11) is 0. The fourth-order valence-corrected chi connectivity index (χ4v) is 2.44. The van der Waals surface area contributed by atoms with Crippen LogP contribution in [0.3, 0.4) is 0 Å². The van der Waals surface area contributed by atoms with Crippen LogP contribution in [0.1, 0.15) is 49.2 Å². The topological polar surface area (TPSA) is 87.3 Å². The zero-order chi connectivity index (χ0) is 20.7. The van der Waals surface area contributed by atoms with E-state index in [4.69, 9.17) is 0 Å². The summed E-state index contributed by atoms with van der Waals surface area (Å²) in [6, 6.07) is 16.3. The van der Waals surface area contributed by atoms with Gasteiger partial charge in [0, 0.05) is 12.5 Å². The van der Waals surface area contributed by atoms with Gasteiger partial charge in [-0.05, 0) is 34.8 Å². The van der Waals surface area contributed by atoms with Crippen molar-refractivity contribution in [3.05, 3.63) is 77.0 Å². The van der Waals surface area contributed by atoms with Gasteiger partial charge in [-0.3, -0.25) is 25.2 Å². The highest BCUT2D eigenvalue weighted by Crippen LogP contribution is 2.22. The van der Waals surface area contributed by atoms with Crippen molar-refractivity contribution in [1.82, 2.24) is 16.2 Å². The Morgan fingerprint density at radius 3 is 2.00 bits per heavy atom. The second kappa shape index (κ2) is 8.99. The Hall–Kier alpha value is -3.41. The van der Waals surface area contributed by atoms with Gasteiger partial charge < -0.3 is 5.32 Å². The smallest absolute Gasteiger partial charge is 0.286 e. The van der Waals surface area contributed by atoms with Gasteiger partial charge in [-0.15, -0.1) is 0 Å². The van der Waals surface area contributed by atoms with Crippen molar-refractivity contribution < 1.29 is 14.4 Å². The summed E-state index contributed by atoms with van der Waals surface area (Å²) in [5.74, 6) is -1.46. The van der Waals surface area contributed by atoms with E-state index in [-0.39, 0.29) is 17.0 Å². The summed E-state index contributed by atoms with van der Waals surface area (Å²) in [6.45, 7) is 7.57. The molecule has 0 saturated carbocycles. The lowest BCUT2D eigenvalue weighted by atomic mass is 9.87. The number of hydrogen-bond acceptors (Lipinski definition) is 3. The molecule has 0 heterocycles. The molecule has 3 amide bonds. The number of amides is 3. The highest BCUT2D eigenvalue weighted by Gasteiger charge is 2.16. The predicted octanol–water partition coefficient (Wildman–Crippen LogP) is 2.92. The molecule has 0 unspecified atom stereocenters. The maximum absolute atomic E-state index is 12.4. The van der Waals surface area contributed by atoms with Crippen LogP contribution in [-0.4, -0.2) is 17.7 Å². The van der Waals surface area contributed by atoms with Crippen LogP contribution in [0.25, 0.3) is 6.08 Å². The highest BCUT2D eigenvalue weighted by atomic mass is 16.2. The van der Waals surface area contributed by atoms with Crippen molar-refractivity contribution in [2.24, 2.45) is 0 Å². The van der Waals surface area contributed by atoms with E-state index in [0.29, 0.717) is 5.56 Å². The van der Waals surface area contributed by atoms with Gasteiger partial charge in [-0.2, -0.15) is 0 Å². The zero-order valence-electron chi connectivity index (χ0n) is 16.5. The fourth-order valence-electron chi connectivity index (χ4n) is 2.44. The van der Waals surface area contributed by atoms with E-state index in [1.54, 1.807) is 24.3 Å². The standard InChI is InChI=1S/C22H25N3O3/c1-15(26)23-19(14-16-8-6-5-7-9-16)21(28)25-24-20(27)17-10-12-18(13-11-17)22(2,3)4/h5-14H,1-4H3,(H,23,26)(H,24,27)(H,25,28)/b19-14-. The molecule has 0 atom stereocenters. The third-order valence-corrected chi connectivity index (χ3v) is 3.97. The number of hydrogen-bond donors (Lipinski definition) is 3.